The Bertz CT molecular complexity index is 201. The Hall–Kier alpha value is -0.160. The minimum Gasteiger partial charge on any atom is -0.378 e. The lowest BCUT2D eigenvalue weighted by atomic mass is 10.0. The van der Waals surface area contributed by atoms with Crippen LogP contribution in [0.4, 0.5) is 0 Å². The highest BCUT2D eigenvalue weighted by molar-refractivity contribution is 4.71. The van der Waals surface area contributed by atoms with E-state index in [1.165, 1.54) is 32.1 Å². The van der Waals surface area contributed by atoms with Crippen LogP contribution in [0.2, 0.25) is 0 Å². The van der Waals surface area contributed by atoms with Crippen LogP contribution in [0.25, 0.3) is 0 Å². The Labute approximate surface area is 104 Å². The van der Waals surface area contributed by atoms with E-state index < -0.39 is 0 Å². The molecule has 0 amide bonds. The summed E-state index contributed by atoms with van der Waals surface area (Å²) in [5.74, 6) is 0. The van der Waals surface area contributed by atoms with E-state index in [2.05, 4.69) is 5.32 Å². The zero-order chi connectivity index (χ0) is 11.9. The zero-order valence-corrected chi connectivity index (χ0v) is 10.8. The van der Waals surface area contributed by atoms with E-state index >= 15 is 0 Å². The molecular formula is C13H25NO3. The van der Waals surface area contributed by atoms with Gasteiger partial charge in [0, 0.05) is 19.1 Å². The number of hydrogen-bond donors (Lipinski definition) is 1. The fourth-order valence-corrected chi connectivity index (χ4v) is 2.62. The summed E-state index contributed by atoms with van der Waals surface area (Å²) in [6.45, 7) is 2.46. The fourth-order valence-electron chi connectivity index (χ4n) is 2.62. The van der Waals surface area contributed by atoms with Gasteiger partial charge < -0.3 is 19.5 Å². The largest absolute Gasteiger partial charge is 0.378 e. The highest BCUT2D eigenvalue weighted by atomic mass is 16.7. The lowest BCUT2D eigenvalue weighted by Crippen LogP contribution is -2.30. The van der Waals surface area contributed by atoms with Crippen LogP contribution in [-0.4, -0.2) is 45.3 Å². The van der Waals surface area contributed by atoms with Crippen LogP contribution in [-0.2, 0) is 14.2 Å². The van der Waals surface area contributed by atoms with Gasteiger partial charge in [0.25, 0.3) is 0 Å². The van der Waals surface area contributed by atoms with Crippen LogP contribution in [0, 0.1) is 0 Å². The average Bonchev–Trinajstić information content (AvgIpc) is 3.00. The van der Waals surface area contributed by atoms with Crippen LogP contribution in [0.3, 0.4) is 0 Å². The maximum atomic E-state index is 5.63. The van der Waals surface area contributed by atoms with E-state index in [-0.39, 0.29) is 6.29 Å². The first-order valence-electron chi connectivity index (χ1n) is 6.90. The molecule has 2 atom stereocenters. The molecule has 4 heteroatoms. The van der Waals surface area contributed by atoms with Gasteiger partial charge in [0.1, 0.15) is 0 Å². The van der Waals surface area contributed by atoms with E-state index in [1.807, 2.05) is 7.05 Å². The van der Waals surface area contributed by atoms with Crippen molar-refractivity contribution in [3.63, 3.8) is 0 Å². The minimum absolute atomic E-state index is 0.00943. The van der Waals surface area contributed by atoms with E-state index in [1.54, 1.807) is 0 Å². The summed E-state index contributed by atoms with van der Waals surface area (Å²) in [7, 11) is 2.02. The van der Waals surface area contributed by atoms with E-state index in [0.29, 0.717) is 12.1 Å². The smallest absolute Gasteiger partial charge is 0.159 e. The third kappa shape index (κ3) is 4.54. The van der Waals surface area contributed by atoms with Crippen molar-refractivity contribution < 1.29 is 14.2 Å². The quantitative estimate of drug-likeness (QED) is 0.738. The van der Waals surface area contributed by atoms with Crippen LogP contribution >= 0.6 is 0 Å². The summed E-state index contributed by atoms with van der Waals surface area (Å²) >= 11 is 0. The van der Waals surface area contributed by atoms with Crippen molar-refractivity contribution in [3.8, 4) is 0 Å². The molecule has 0 aromatic rings. The number of hydrogen-bond acceptors (Lipinski definition) is 4. The van der Waals surface area contributed by atoms with Gasteiger partial charge in [0.2, 0.25) is 0 Å². The molecule has 2 rings (SSSR count). The van der Waals surface area contributed by atoms with Gasteiger partial charge in [0.05, 0.1) is 19.3 Å². The molecule has 2 heterocycles. The van der Waals surface area contributed by atoms with Gasteiger partial charge in [-0.15, -0.1) is 0 Å². The van der Waals surface area contributed by atoms with Crippen LogP contribution in [0.1, 0.15) is 38.5 Å². The summed E-state index contributed by atoms with van der Waals surface area (Å²) in [6, 6.07) is 0.500. The molecule has 0 aromatic heterocycles. The molecule has 100 valence electrons. The Morgan fingerprint density at radius 2 is 2.00 bits per heavy atom. The molecule has 0 bridgehead atoms. The van der Waals surface area contributed by atoms with Gasteiger partial charge in [-0.05, 0) is 39.2 Å². The first kappa shape index (κ1) is 13.3. The SMILES string of the molecule is CNC(CCCC1CCCO1)CC1OCCO1. The molecule has 2 aliphatic heterocycles. The standard InChI is InChI=1S/C13H25NO3/c1-14-11(10-13-16-8-9-17-13)4-2-5-12-6-3-7-15-12/h11-14H,2-10H2,1H3. The summed E-state index contributed by atoms with van der Waals surface area (Å²) < 4.78 is 16.6. The fraction of sp³-hybridized carbons (Fsp3) is 1.00. The second-order valence-electron chi connectivity index (χ2n) is 4.96. The van der Waals surface area contributed by atoms with Crippen molar-refractivity contribution in [1.82, 2.24) is 5.32 Å². The van der Waals surface area contributed by atoms with Crippen molar-refractivity contribution in [1.29, 1.82) is 0 Å². The molecular weight excluding hydrogens is 218 g/mol. The predicted molar refractivity (Wildman–Crippen MR) is 66.0 cm³/mol. The Balaban J connectivity index is 1.57. The summed E-state index contributed by atoms with van der Waals surface area (Å²) in [5.41, 5.74) is 0. The van der Waals surface area contributed by atoms with Gasteiger partial charge in [-0.1, -0.05) is 0 Å². The number of rotatable bonds is 7. The third-order valence-corrected chi connectivity index (χ3v) is 3.68. The molecule has 0 saturated carbocycles. The van der Waals surface area contributed by atoms with E-state index in [0.717, 1.165) is 26.2 Å². The topological polar surface area (TPSA) is 39.7 Å². The van der Waals surface area contributed by atoms with Gasteiger partial charge in [-0.3, -0.25) is 0 Å². The second-order valence-corrected chi connectivity index (χ2v) is 4.96. The van der Waals surface area contributed by atoms with Crippen molar-refractivity contribution in [2.45, 2.75) is 57.0 Å². The van der Waals surface area contributed by atoms with Crippen LogP contribution in [0.15, 0.2) is 0 Å². The van der Waals surface area contributed by atoms with E-state index in [9.17, 15) is 0 Å². The maximum Gasteiger partial charge on any atom is 0.159 e. The van der Waals surface area contributed by atoms with Gasteiger partial charge in [-0.25, -0.2) is 0 Å². The molecule has 2 aliphatic rings. The Morgan fingerprint density at radius 1 is 1.18 bits per heavy atom. The van der Waals surface area contributed by atoms with Crippen LogP contribution < -0.4 is 5.32 Å². The van der Waals surface area contributed by atoms with Crippen molar-refractivity contribution in [2.24, 2.45) is 0 Å². The Morgan fingerprint density at radius 3 is 2.65 bits per heavy atom. The molecule has 2 unspecified atom stereocenters. The molecule has 1 N–H and O–H groups in total. The molecule has 4 nitrogen and oxygen atoms in total. The second kappa shape index (κ2) is 7.31. The van der Waals surface area contributed by atoms with Gasteiger partial charge >= 0.3 is 0 Å². The molecule has 0 aromatic carbocycles. The summed E-state index contributed by atoms with van der Waals surface area (Å²) in [6.07, 6.45) is 7.58. The lowest BCUT2D eigenvalue weighted by Gasteiger charge is -2.20. The zero-order valence-electron chi connectivity index (χ0n) is 10.8. The maximum absolute atomic E-state index is 5.63. The molecule has 17 heavy (non-hydrogen) atoms. The normalized spacial score (nSPS) is 27.7. The average molecular weight is 243 g/mol. The summed E-state index contributed by atoms with van der Waals surface area (Å²) in [4.78, 5) is 0. The number of ether oxygens (including phenoxy) is 3. The molecule has 0 aliphatic carbocycles. The van der Waals surface area contributed by atoms with Crippen molar-refractivity contribution in [2.75, 3.05) is 26.9 Å². The summed E-state index contributed by atoms with van der Waals surface area (Å²) in [5, 5.41) is 3.35. The molecule has 2 saturated heterocycles. The predicted octanol–water partition coefficient (Wildman–Crippen LogP) is 1.69. The highest BCUT2D eigenvalue weighted by Crippen LogP contribution is 2.20. The number of nitrogens with one attached hydrogen (secondary N) is 1. The van der Waals surface area contributed by atoms with Gasteiger partial charge in [0.15, 0.2) is 6.29 Å². The van der Waals surface area contributed by atoms with Crippen molar-refractivity contribution >= 4 is 0 Å². The minimum atomic E-state index is 0.00943. The first-order chi connectivity index (χ1) is 8.38. The Kier molecular flexibility index (Phi) is 5.71. The molecule has 0 spiro atoms. The molecule has 2 fully saturated rings. The monoisotopic (exact) mass is 243 g/mol. The van der Waals surface area contributed by atoms with Gasteiger partial charge in [-0.2, -0.15) is 0 Å². The first-order valence-corrected chi connectivity index (χ1v) is 6.90. The van der Waals surface area contributed by atoms with Crippen LogP contribution in [0.5, 0.6) is 0 Å². The third-order valence-electron chi connectivity index (χ3n) is 3.68. The van der Waals surface area contributed by atoms with Crippen molar-refractivity contribution in [3.05, 3.63) is 0 Å². The lowest BCUT2D eigenvalue weighted by molar-refractivity contribution is -0.0529. The molecule has 0 radical (unpaired) electrons. The highest BCUT2D eigenvalue weighted by Gasteiger charge is 2.21. The van der Waals surface area contributed by atoms with E-state index in [4.69, 9.17) is 14.2 Å².